The minimum Gasteiger partial charge on any atom is -0.313 e. The fourth-order valence-corrected chi connectivity index (χ4v) is 2.74. The fraction of sp³-hybridized carbons (Fsp3) is 0.579. The van der Waals surface area contributed by atoms with Gasteiger partial charge in [0.2, 0.25) is 0 Å². The van der Waals surface area contributed by atoms with Gasteiger partial charge in [0.15, 0.2) is 0 Å². The van der Waals surface area contributed by atoms with Crippen LogP contribution in [-0.4, -0.2) is 12.6 Å². The van der Waals surface area contributed by atoms with Crippen LogP contribution in [0.2, 0.25) is 0 Å². The Labute approximate surface area is 124 Å². The Morgan fingerprint density at radius 1 is 1.10 bits per heavy atom. The van der Waals surface area contributed by atoms with Crippen molar-refractivity contribution < 1.29 is 0 Å². The zero-order valence-electron chi connectivity index (χ0n) is 12.7. The minimum atomic E-state index is 0.691. The third kappa shape index (κ3) is 5.92. The van der Waals surface area contributed by atoms with E-state index in [9.17, 15) is 0 Å². The number of nitrogens with one attached hydrogen (secondary N) is 1. The molecular formula is C19H29N. The fourth-order valence-electron chi connectivity index (χ4n) is 2.74. The molecule has 1 N–H and O–H groups in total. The molecule has 110 valence electrons. The largest absolute Gasteiger partial charge is 0.313 e. The second-order valence-corrected chi connectivity index (χ2v) is 6.07. The molecule has 1 nitrogen and oxygen atoms in total. The molecule has 0 spiro atoms. The number of allylic oxidation sites excluding steroid dienone is 1. The zero-order valence-corrected chi connectivity index (χ0v) is 12.7. The molecule has 0 aliphatic heterocycles. The molecule has 1 fully saturated rings. The maximum atomic E-state index is 3.78. The summed E-state index contributed by atoms with van der Waals surface area (Å²) in [6.07, 6.45) is 12.6. The molecule has 20 heavy (non-hydrogen) atoms. The highest BCUT2D eigenvalue weighted by Gasteiger charge is 2.22. The number of benzene rings is 1. The van der Waals surface area contributed by atoms with Crippen LogP contribution in [0.1, 0.15) is 62.8 Å². The molecule has 0 bridgehead atoms. The maximum absolute atomic E-state index is 3.78. The molecule has 1 heteroatoms. The van der Waals surface area contributed by atoms with E-state index in [-0.39, 0.29) is 0 Å². The first-order valence-electron chi connectivity index (χ1n) is 8.29. The van der Waals surface area contributed by atoms with Crippen molar-refractivity contribution in [1.82, 2.24) is 5.32 Å². The van der Waals surface area contributed by atoms with Crippen molar-refractivity contribution in [2.75, 3.05) is 6.54 Å². The molecule has 1 aliphatic carbocycles. The van der Waals surface area contributed by atoms with Gasteiger partial charge in [0.25, 0.3) is 0 Å². The van der Waals surface area contributed by atoms with E-state index >= 15 is 0 Å². The van der Waals surface area contributed by atoms with Crippen molar-refractivity contribution in [2.24, 2.45) is 0 Å². The van der Waals surface area contributed by atoms with E-state index in [4.69, 9.17) is 0 Å². The van der Waals surface area contributed by atoms with Crippen LogP contribution >= 0.6 is 0 Å². The van der Waals surface area contributed by atoms with Crippen molar-refractivity contribution in [3.8, 4) is 0 Å². The maximum Gasteiger partial charge on any atom is 0.00684 e. The summed E-state index contributed by atoms with van der Waals surface area (Å²) < 4.78 is 0. The Morgan fingerprint density at radius 2 is 1.85 bits per heavy atom. The van der Waals surface area contributed by atoms with Gasteiger partial charge in [-0.05, 0) is 43.6 Å². The molecule has 0 heterocycles. The van der Waals surface area contributed by atoms with E-state index in [1.165, 1.54) is 56.9 Å². The third-order valence-corrected chi connectivity index (χ3v) is 4.21. The van der Waals surface area contributed by atoms with Crippen molar-refractivity contribution in [1.29, 1.82) is 0 Å². The van der Waals surface area contributed by atoms with E-state index in [0.29, 0.717) is 5.92 Å². The van der Waals surface area contributed by atoms with Gasteiger partial charge in [-0.1, -0.05) is 55.7 Å². The Kier molecular flexibility index (Phi) is 6.86. The average molecular weight is 271 g/mol. The summed E-state index contributed by atoms with van der Waals surface area (Å²) in [6.45, 7) is 4.94. The highest BCUT2D eigenvalue weighted by atomic mass is 14.9. The first kappa shape index (κ1) is 15.3. The lowest BCUT2D eigenvalue weighted by molar-refractivity contribution is 0.510. The Bertz CT molecular complexity index is 367. The predicted molar refractivity (Wildman–Crippen MR) is 88.1 cm³/mol. The molecule has 1 unspecified atom stereocenters. The van der Waals surface area contributed by atoms with Gasteiger partial charge in [-0.15, -0.1) is 6.58 Å². The summed E-state index contributed by atoms with van der Waals surface area (Å²) >= 11 is 0. The Morgan fingerprint density at radius 3 is 2.55 bits per heavy atom. The highest BCUT2D eigenvalue weighted by molar-refractivity contribution is 5.20. The average Bonchev–Trinajstić information content (AvgIpc) is 3.31. The summed E-state index contributed by atoms with van der Waals surface area (Å²) in [6, 6.07) is 11.8. The molecule has 0 radical (unpaired) electrons. The van der Waals surface area contributed by atoms with Gasteiger partial charge in [-0.2, -0.15) is 0 Å². The third-order valence-electron chi connectivity index (χ3n) is 4.21. The second-order valence-electron chi connectivity index (χ2n) is 6.07. The summed E-state index contributed by atoms with van der Waals surface area (Å²) in [4.78, 5) is 0. The molecule has 0 aromatic heterocycles. The molecule has 0 amide bonds. The number of hydrogen-bond donors (Lipinski definition) is 1. The molecule has 1 atom stereocenters. The SMILES string of the molecule is C=CCCCCCCC(CNC1CC1)c1ccccc1. The van der Waals surface area contributed by atoms with Gasteiger partial charge < -0.3 is 5.32 Å². The van der Waals surface area contributed by atoms with Gasteiger partial charge in [-0.25, -0.2) is 0 Å². The molecular weight excluding hydrogens is 242 g/mol. The van der Waals surface area contributed by atoms with Crippen LogP contribution in [0.15, 0.2) is 43.0 Å². The van der Waals surface area contributed by atoms with Gasteiger partial charge in [0, 0.05) is 12.6 Å². The van der Waals surface area contributed by atoms with E-state index in [1.807, 2.05) is 6.08 Å². The van der Waals surface area contributed by atoms with E-state index in [0.717, 1.165) is 12.6 Å². The predicted octanol–water partition coefficient (Wildman–Crippen LogP) is 5.05. The lowest BCUT2D eigenvalue weighted by Gasteiger charge is -2.18. The molecule has 1 aromatic carbocycles. The summed E-state index contributed by atoms with van der Waals surface area (Å²) in [7, 11) is 0. The van der Waals surface area contributed by atoms with Crippen LogP contribution in [0.25, 0.3) is 0 Å². The monoisotopic (exact) mass is 271 g/mol. The second kappa shape index (κ2) is 8.97. The van der Waals surface area contributed by atoms with Gasteiger partial charge >= 0.3 is 0 Å². The number of rotatable bonds is 11. The topological polar surface area (TPSA) is 12.0 Å². The molecule has 1 aromatic rings. The van der Waals surface area contributed by atoms with Crippen LogP contribution in [0.5, 0.6) is 0 Å². The highest BCUT2D eigenvalue weighted by Crippen LogP contribution is 2.25. The van der Waals surface area contributed by atoms with Crippen LogP contribution in [-0.2, 0) is 0 Å². The van der Waals surface area contributed by atoms with E-state index in [2.05, 4.69) is 42.2 Å². The van der Waals surface area contributed by atoms with Crippen LogP contribution in [0.4, 0.5) is 0 Å². The molecule has 2 rings (SSSR count). The summed E-state index contributed by atoms with van der Waals surface area (Å²) in [5.74, 6) is 0.691. The minimum absolute atomic E-state index is 0.691. The van der Waals surface area contributed by atoms with Crippen LogP contribution in [0, 0.1) is 0 Å². The smallest absolute Gasteiger partial charge is 0.00684 e. The zero-order chi connectivity index (χ0) is 14.0. The first-order valence-corrected chi connectivity index (χ1v) is 8.29. The van der Waals surface area contributed by atoms with Crippen molar-refractivity contribution in [3.63, 3.8) is 0 Å². The lowest BCUT2D eigenvalue weighted by Crippen LogP contribution is -2.23. The normalized spacial score (nSPS) is 16.0. The van der Waals surface area contributed by atoms with Crippen LogP contribution in [0.3, 0.4) is 0 Å². The van der Waals surface area contributed by atoms with Gasteiger partial charge in [0.05, 0.1) is 0 Å². The number of hydrogen-bond acceptors (Lipinski definition) is 1. The van der Waals surface area contributed by atoms with Gasteiger partial charge in [0.1, 0.15) is 0 Å². The van der Waals surface area contributed by atoms with Crippen molar-refractivity contribution in [3.05, 3.63) is 48.6 Å². The first-order chi connectivity index (χ1) is 9.90. The van der Waals surface area contributed by atoms with Crippen molar-refractivity contribution >= 4 is 0 Å². The van der Waals surface area contributed by atoms with E-state index < -0.39 is 0 Å². The van der Waals surface area contributed by atoms with E-state index in [1.54, 1.807) is 0 Å². The lowest BCUT2D eigenvalue weighted by atomic mass is 9.92. The summed E-state index contributed by atoms with van der Waals surface area (Å²) in [5, 5.41) is 3.70. The van der Waals surface area contributed by atoms with Gasteiger partial charge in [-0.3, -0.25) is 0 Å². The van der Waals surface area contributed by atoms with Crippen LogP contribution < -0.4 is 5.32 Å². The summed E-state index contributed by atoms with van der Waals surface area (Å²) in [5.41, 5.74) is 1.51. The standard InChI is InChI=1S/C19H29N/c1-2-3-4-5-6-8-13-18(16-20-19-14-15-19)17-11-9-7-10-12-17/h2,7,9-12,18-20H,1,3-6,8,13-16H2. The van der Waals surface area contributed by atoms with Crippen molar-refractivity contribution in [2.45, 2.75) is 63.3 Å². The quantitative estimate of drug-likeness (QED) is 0.439. The molecule has 1 saturated carbocycles. The Balaban J connectivity index is 1.72. The Hall–Kier alpha value is -1.08. The number of unbranched alkanes of at least 4 members (excludes halogenated alkanes) is 4. The molecule has 1 aliphatic rings. The molecule has 0 saturated heterocycles.